The van der Waals surface area contributed by atoms with Gasteiger partial charge in [0.2, 0.25) is 11.8 Å². The zero-order chi connectivity index (χ0) is 18.7. The fourth-order valence-electron chi connectivity index (χ4n) is 2.05. The van der Waals surface area contributed by atoms with E-state index in [0.29, 0.717) is 19.4 Å². The average Bonchev–Trinajstić information content (AvgIpc) is 2.55. The van der Waals surface area contributed by atoms with Crippen molar-refractivity contribution < 1.29 is 19.5 Å². The normalized spacial score (nSPS) is 15.9. The zero-order valence-electron chi connectivity index (χ0n) is 14.3. The van der Waals surface area contributed by atoms with E-state index in [4.69, 9.17) is 16.6 Å². The Kier molecular flexibility index (Phi) is 11.4. The molecule has 0 spiro atoms. The van der Waals surface area contributed by atoms with E-state index in [0.717, 1.165) is 12.8 Å². The summed E-state index contributed by atoms with van der Waals surface area (Å²) in [5.74, 6) is -2.36. The molecule has 0 aliphatic heterocycles. The first kappa shape index (κ1) is 22.7. The number of hydrogen-bond donors (Lipinski definition) is 6. The largest absolute Gasteiger partial charge is 0.480 e. The molecule has 9 heteroatoms. The molecule has 4 unspecified atom stereocenters. The van der Waals surface area contributed by atoms with Gasteiger partial charge in [-0.15, -0.1) is 0 Å². The van der Waals surface area contributed by atoms with Gasteiger partial charge in [-0.1, -0.05) is 26.7 Å². The van der Waals surface area contributed by atoms with Crippen LogP contribution in [-0.4, -0.2) is 53.3 Å². The van der Waals surface area contributed by atoms with Crippen molar-refractivity contribution in [2.75, 3.05) is 12.3 Å². The van der Waals surface area contributed by atoms with Crippen LogP contribution in [0.1, 0.15) is 39.5 Å². The average molecular weight is 362 g/mol. The molecule has 0 saturated carbocycles. The maximum atomic E-state index is 12.4. The molecule has 0 bridgehead atoms. The van der Waals surface area contributed by atoms with E-state index in [2.05, 4.69) is 23.3 Å². The summed E-state index contributed by atoms with van der Waals surface area (Å²) in [6.45, 7) is 4.22. The van der Waals surface area contributed by atoms with Crippen LogP contribution in [0.2, 0.25) is 0 Å². The lowest BCUT2D eigenvalue weighted by atomic mass is 9.97. The number of carboxylic acids is 1. The summed E-state index contributed by atoms with van der Waals surface area (Å²) in [6, 6.07) is -2.68. The van der Waals surface area contributed by atoms with Gasteiger partial charge in [-0.2, -0.15) is 12.6 Å². The van der Waals surface area contributed by atoms with Crippen LogP contribution in [0.4, 0.5) is 0 Å². The van der Waals surface area contributed by atoms with Gasteiger partial charge in [0, 0.05) is 5.75 Å². The topological polar surface area (TPSA) is 148 Å². The van der Waals surface area contributed by atoms with E-state index in [1.54, 1.807) is 6.92 Å². The van der Waals surface area contributed by atoms with Crippen LogP contribution in [-0.2, 0) is 14.4 Å². The predicted molar refractivity (Wildman–Crippen MR) is 95.7 cm³/mol. The van der Waals surface area contributed by atoms with E-state index < -0.39 is 35.9 Å². The minimum atomic E-state index is -1.17. The number of carboxylic acid groups (broad SMARTS) is 1. The number of rotatable bonds is 12. The molecule has 0 aromatic carbocycles. The Labute approximate surface area is 148 Å². The van der Waals surface area contributed by atoms with Gasteiger partial charge >= 0.3 is 5.97 Å². The molecule has 8 nitrogen and oxygen atoms in total. The number of nitrogens with two attached hydrogens (primary N) is 2. The standard InChI is InChI=1S/C15H30N4O4S/c1-3-9(2)12(14(21)18-11(8-24)15(22)23)19-13(20)10(17)6-4-5-7-16/h9-12,24H,3-8,16-17H2,1-2H3,(H,18,21)(H,19,20)(H,22,23). The third kappa shape index (κ3) is 7.98. The number of carbonyl (C=O) groups excluding carboxylic acids is 2. The van der Waals surface area contributed by atoms with Crippen LogP contribution in [0.5, 0.6) is 0 Å². The smallest absolute Gasteiger partial charge is 0.327 e. The second kappa shape index (κ2) is 12.1. The van der Waals surface area contributed by atoms with Crippen molar-refractivity contribution in [1.29, 1.82) is 0 Å². The van der Waals surface area contributed by atoms with Crippen molar-refractivity contribution in [3.63, 3.8) is 0 Å². The van der Waals surface area contributed by atoms with Crippen molar-refractivity contribution in [3.05, 3.63) is 0 Å². The zero-order valence-corrected chi connectivity index (χ0v) is 15.2. The number of carbonyl (C=O) groups is 3. The number of hydrogen-bond acceptors (Lipinski definition) is 6. The number of aliphatic carboxylic acids is 1. The first-order valence-corrected chi connectivity index (χ1v) is 8.81. The second-order valence-electron chi connectivity index (χ2n) is 5.84. The molecular weight excluding hydrogens is 332 g/mol. The lowest BCUT2D eigenvalue weighted by molar-refractivity contribution is -0.141. The molecule has 0 aromatic heterocycles. The first-order chi connectivity index (χ1) is 11.3. The van der Waals surface area contributed by atoms with Crippen molar-refractivity contribution in [1.82, 2.24) is 10.6 Å². The molecule has 2 amide bonds. The molecule has 0 heterocycles. The van der Waals surface area contributed by atoms with Gasteiger partial charge in [0.05, 0.1) is 6.04 Å². The van der Waals surface area contributed by atoms with Gasteiger partial charge in [0.1, 0.15) is 12.1 Å². The summed E-state index contributed by atoms with van der Waals surface area (Å²) in [6.07, 6.45) is 2.62. The van der Waals surface area contributed by atoms with Crippen molar-refractivity contribution in [2.45, 2.75) is 57.7 Å². The molecule has 140 valence electrons. The third-order valence-corrected chi connectivity index (χ3v) is 4.26. The number of thiol groups is 1. The molecule has 0 saturated heterocycles. The monoisotopic (exact) mass is 362 g/mol. The molecule has 4 atom stereocenters. The molecule has 7 N–H and O–H groups in total. The quantitative estimate of drug-likeness (QED) is 0.203. The third-order valence-electron chi connectivity index (χ3n) is 3.90. The lowest BCUT2D eigenvalue weighted by Gasteiger charge is -2.26. The molecule has 0 aromatic rings. The fourth-order valence-corrected chi connectivity index (χ4v) is 2.30. The lowest BCUT2D eigenvalue weighted by Crippen LogP contribution is -2.57. The number of amides is 2. The molecule has 0 aliphatic carbocycles. The van der Waals surface area contributed by atoms with Gasteiger partial charge < -0.3 is 27.2 Å². The Hall–Kier alpha value is -1.32. The van der Waals surface area contributed by atoms with Crippen LogP contribution >= 0.6 is 12.6 Å². The highest BCUT2D eigenvalue weighted by Gasteiger charge is 2.30. The SMILES string of the molecule is CCC(C)C(NC(=O)C(N)CCCCN)C(=O)NC(CS)C(=O)O. The van der Waals surface area contributed by atoms with Crippen LogP contribution < -0.4 is 22.1 Å². The fraction of sp³-hybridized carbons (Fsp3) is 0.800. The second-order valence-corrected chi connectivity index (χ2v) is 6.21. The van der Waals surface area contributed by atoms with Crippen LogP contribution in [0, 0.1) is 5.92 Å². The van der Waals surface area contributed by atoms with Crippen LogP contribution in [0.25, 0.3) is 0 Å². The Morgan fingerprint density at radius 3 is 2.25 bits per heavy atom. The summed E-state index contributed by atoms with van der Waals surface area (Å²) < 4.78 is 0. The van der Waals surface area contributed by atoms with E-state index in [1.807, 2.05) is 6.92 Å². The van der Waals surface area contributed by atoms with Gasteiger partial charge in [-0.05, 0) is 25.3 Å². The molecule has 0 rings (SSSR count). The Bertz CT molecular complexity index is 422. The highest BCUT2D eigenvalue weighted by atomic mass is 32.1. The summed E-state index contributed by atoms with van der Waals surface area (Å²) >= 11 is 3.91. The van der Waals surface area contributed by atoms with Crippen molar-refractivity contribution in [3.8, 4) is 0 Å². The molecule has 0 aliphatic rings. The molecule has 24 heavy (non-hydrogen) atoms. The summed E-state index contributed by atoms with van der Waals surface area (Å²) in [5.41, 5.74) is 11.2. The maximum Gasteiger partial charge on any atom is 0.327 e. The van der Waals surface area contributed by atoms with Crippen LogP contribution in [0.3, 0.4) is 0 Å². The van der Waals surface area contributed by atoms with Gasteiger partial charge in [0.15, 0.2) is 0 Å². The van der Waals surface area contributed by atoms with E-state index in [1.165, 1.54) is 0 Å². The summed E-state index contributed by atoms with van der Waals surface area (Å²) in [7, 11) is 0. The highest BCUT2D eigenvalue weighted by Crippen LogP contribution is 2.09. The van der Waals surface area contributed by atoms with Gasteiger partial charge in [-0.25, -0.2) is 4.79 Å². The number of nitrogens with one attached hydrogen (secondary N) is 2. The highest BCUT2D eigenvalue weighted by molar-refractivity contribution is 7.80. The Balaban J connectivity index is 4.85. The molecule has 0 radical (unpaired) electrons. The first-order valence-electron chi connectivity index (χ1n) is 8.18. The summed E-state index contributed by atoms with van der Waals surface area (Å²) in [4.78, 5) is 35.6. The van der Waals surface area contributed by atoms with E-state index >= 15 is 0 Å². The van der Waals surface area contributed by atoms with Crippen LogP contribution in [0.15, 0.2) is 0 Å². The van der Waals surface area contributed by atoms with Crippen molar-refractivity contribution in [2.24, 2.45) is 17.4 Å². The van der Waals surface area contributed by atoms with Gasteiger partial charge in [0.25, 0.3) is 0 Å². The Morgan fingerprint density at radius 1 is 1.17 bits per heavy atom. The minimum absolute atomic E-state index is 0.0408. The maximum absolute atomic E-state index is 12.4. The molecular formula is C15H30N4O4S. The van der Waals surface area contributed by atoms with E-state index in [9.17, 15) is 14.4 Å². The van der Waals surface area contributed by atoms with E-state index in [-0.39, 0.29) is 11.7 Å². The minimum Gasteiger partial charge on any atom is -0.480 e. The molecule has 0 fully saturated rings. The summed E-state index contributed by atoms with van der Waals surface area (Å²) in [5, 5.41) is 14.0. The van der Waals surface area contributed by atoms with Gasteiger partial charge in [-0.3, -0.25) is 9.59 Å². The number of unbranched alkanes of at least 4 members (excludes halogenated alkanes) is 1. The Morgan fingerprint density at radius 2 is 1.79 bits per heavy atom. The van der Waals surface area contributed by atoms with Crippen molar-refractivity contribution >= 4 is 30.4 Å². The predicted octanol–water partition coefficient (Wildman–Crippen LogP) is -0.527.